The van der Waals surface area contributed by atoms with Crippen LogP contribution in [0.25, 0.3) is 0 Å². The van der Waals surface area contributed by atoms with Gasteiger partial charge < -0.3 is 14.8 Å². The van der Waals surface area contributed by atoms with Crippen LogP contribution in [0.5, 0.6) is 11.5 Å². The van der Waals surface area contributed by atoms with E-state index in [1.807, 2.05) is 45.9 Å². The molecule has 2 amide bonds. The first kappa shape index (κ1) is 22.1. The number of carbonyl (C=O) groups is 2. The lowest BCUT2D eigenvalue weighted by Crippen LogP contribution is -2.44. The van der Waals surface area contributed by atoms with Gasteiger partial charge in [0.15, 0.2) is 11.5 Å². The fraction of sp³-hybridized carbons (Fsp3) is 0.364. The molecular weight excluding hydrogens is 370 g/mol. The predicted molar refractivity (Wildman–Crippen MR) is 113 cm³/mol. The van der Waals surface area contributed by atoms with E-state index in [4.69, 9.17) is 9.47 Å². The van der Waals surface area contributed by atoms with Gasteiger partial charge in [-0.3, -0.25) is 20.4 Å². The quantitative estimate of drug-likeness (QED) is 0.563. The summed E-state index contributed by atoms with van der Waals surface area (Å²) in [6.45, 7) is 8.91. The number of hydrazine groups is 1. The van der Waals surface area contributed by atoms with E-state index in [0.29, 0.717) is 30.3 Å². The Balaban J connectivity index is 1.90. The highest BCUT2D eigenvalue weighted by Gasteiger charge is 2.12. The van der Waals surface area contributed by atoms with Crippen LogP contribution in [0.3, 0.4) is 0 Å². The molecule has 0 radical (unpaired) electrons. The van der Waals surface area contributed by atoms with Gasteiger partial charge in [0.1, 0.15) is 0 Å². The van der Waals surface area contributed by atoms with Gasteiger partial charge >= 0.3 is 0 Å². The molecule has 3 N–H and O–H groups in total. The third kappa shape index (κ3) is 6.71. The standard InChI is InChI=1S/C22H29N3O4/c1-5-11-29-19-10-8-17(13-20(19)28-6-2)22(27)25-24-21(26)14-23-18-9-7-15(3)12-16(18)4/h7-10,12-13,23H,5-6,11,14H2,1-4H3,(H,24,26)(H,25,27). The molecule has 0 aliphatic heterocycles. The van der Waals surface area contributed by atoms with Crippen molar-refractivity contribution in [3.05, 3.63) is 53.1 Å². The van der Waals surface area contributed by atoms with E-state index in [2.05, 4.69) is 16.2 Å². The summed E-state index contributed by atoms with van der Waals surface area (Å²) in [6.07, 6.45) is 0.871. The van der Waals surface area contributed by atoms with Crippen LogP contribution in [-0.2, 0) is 4.79 Å². The molecule has 7 heteroatoms. The van der Waals surface area contributed by atoms with Crippen LogP contribution in [-0.4, -0.2) is 31.6 Å². The Labute approximate surface area is 171 Å². The Kier molecular flexibility index (Phi) is 8.33. The van der Waals surface area contributed by atoms with E-state index in [1.54, 1.807) is 18.2 Å². The number of carbonyl (C=O) groups excluding carboxylic acids is 2. The van der Waals surface area contributed by atoms with Crippen molar-refractivity contribution >= 4 is 17.5 Å². The first-order chi connectivity index (χ1) is 13.9. The number of anilines is 1. The van der Waals surface area contributed by atoms with Crippen LogP contribution in [0.15, 0.2) is 36.4 Å². The number of benzene rings is 2. The number of ether oxygens (including phenoxy) is 2. The maximum absolute atomic E-state index is 12.4. The number of aryl methyl sites for hydroxylation is 2. The maximum atomic E-state index is 12.4. The van der Waals surface area contributed by atoms with Crippen molar-refractivity contribution in [2.24, 2.45) is 0 Å². The maximum Gasteiger partial charge on any atom is 0.269 e. The van der Waals surface area contributed by atoms with Crippen LogP contribution in [0.1, 0.15) is 41.8 Å². The largest absolute Gasteiger partial charge is 0.490 e. The van der Waals surface area contributed by atoms with Gasteiger partial charge in [-0.2, -0.15) is 0 Å². The van der Waals surface area contributed by atoms with Crippen molar-refractivity contribution in [2.75, 3.05) is 25.1 Å². The fourth-order valence-corrected chi connectivity index (χ4v) is 2.68. The smallest absolute Gasteiger partial charge is 0.269 e. The number of hydrogen-bond acceptors (Lipinski definition) is 5. The first-order valence-electron chi connectivity index (χ1n) is 9.74. The summed E-state index contributed by atoms with van der Waals surface area (Å²) in [5.41, 5.74) is 8.27. The summed E-state index contributed by atoms with van der Waals surface area (Å²) >= 11 is 0. The highest BCUT2D eigenvalue weighted by atomic mass is 16.5. The fourth-order valence-electron chi connectivity index (χ4n) is 2.68. The zero-order valence-corrected chi connectivity index (χ0v) is 17.4. The van der Waals surface area contributed by atoms with Gasteiger partial charge in [0.2, 0.25) is 0 Å². The van der Waals surface area contributed by atoms with Gasteiger partial charge in [-0.05, 0) is 57.0 Å². The molecule has 0 heterocycles. The summed E-state index contributed by atoms with van der Waals surface area (Å²) in [5, 5.41) is 3.06. The molecule has 0 saturated carbocycles. The number of amides is 2. The number of nitrogens with one attached hydrogen (secondary N) is 3. The topological polar surface area (TPSA) is 88.7 Å². The van der Waals surface area contributed by atoms with Crippen LogP contribution >= 0.6 is 0 Å². The van der Waals surface area contributed by atoms with E-state index in [9.17, 15) is 9.59 Å². The summed E-state index contributed by atoms with van der Waals surface area (Å²) < 4.78 is 11.2. The predicted octanol–water partition coefficient (Wildman–Crippen LogP) is 3.36. The molecule has 29 heavy (non-hydrogen) atoms. The molecule has 2 rings (SSSR count). The van der Waals surface area contributed by atoms with E-state index in [0.717, 1.165) is 23.2 Å². The normalized spacial score (nSPS) is 10.2. The molecular formula is C22H29N3O4. The summed E-state index contributed by atoms with van der Waals surface area (Å²) in [6, 6.07) is 10.9. The summed E-state index contributed by atoms with van der Waals surface area (Å²) in [7, 11) is 0. The molecule has 2 aromatic carbocycles. The molecule has 0 aliphatic carbocycles. The molecule has 0 saturated heterocycles. The molecule has 0 fully saturated rings. The zero-order valence-electron chi connectivity index (χ0n) is 17.4. The average molecular weight is 399 g/mol. The molecule has 7 nitrogen and oxygen atoms in total. The second-order valence-corrected chi connectivity index (χ2v) is 6.62. The van der Waals surface area contributed by atoms with Gasteiger partial charge in [0.05, 0.1) is 19.8 Å². The van der Waals surface area contributed by atoms with Gasteiger partial charge in [-0.25, -0.2) is 0 Å². The molecule has 0 bridgehead atoms. The van der Waals surface area contributed by atoms with Gasteiger partial charge in [-0.15, -0.1) is 0 Å². The van der Waals surface area contributed by atoms with Crippen LogP contribution in [0.4, 0.5) is 5.69 Å². The van der Waals surface area contributed by atoms with E-state index in [1.165, 1.54) is 0 Å². The molecule has 0 atom stereocenters. The lowest BCUT2D eigenvalue weighted by atomic mass is 10.1. The second kappa shape index (κ2) is 10.9. The Morgan fingerprint density at radius 1 is 0.931 bits per heavy atom. The summed E-state index contributed by atoms with van der Waals surface area (Å²) in [4.78, 5) is 24.4. The van der Waals surface area contributed by atoms with Crippen molar-refractivity contribution in [2.45, 2.75) is 34.1 Å². The van der Waals surface area contributed by atoms with Crippen molar-refractivity contribution in [1.29, 1.82) is 0 Å². The highest BCUT2D eigenvalue weighted by molar-refractivity contribution is 5.96. The molecule has 156 valence electrons. The first-order valence-corrected chi connectivity index (χ1v) is 9.74. The van der Waals surface area contributed by atoms with Gasteiger partial charge in [0, 0.05) is 11.3 Å². The number of hydrogen-bond donors (Lipinski definition) is 3. The van der Waals surface area contributed by atoms with Crippen LogP contribution < -0.4 is 25.6 Å². The van der Waals surface area contributed by atoms with Crippen molar-refractivity contribution in [3.8, 4) is 11.5 Å². The van der Waals surface area contributed by atoms with Crippen molar-refractivity contribution in [3.63, 3.8) is 0 Å². The molecule has 0 aliphatic rings. The molecule has 0 aromatic heterocycles. The Morgan fingerprint density at radius 2 is 1.72 bits per heavy atom. The minimum Gasteiger partial charge on any atom is -0.490 e. The van der Waals surface area contributed by atoms with Crippen LogP contribution in [0.2, 0.25) is 0 Å². The lowest BCUT2D eigenvalue weighted by Gasteiger charge is -2.14. The molecule has 2 aromatic rings. The number of rotatable bonds is 9. The van der Waals surface area contributed by atoms with Gasteiger partial charge in [0.25, 0.3) is 11.8 Å². The van der Waals surface area contributed by atoms with E-state index in [-0.39, 0.29) is 12.5 Å². The summed E-state index contributed by atoms with van der Waals surface area (Å²) in [5.74, 6) is 0.294. The van der Waals surface area contributed by atoms with Crippen molar-refractivity contribution < 1.29 is 19.1 Å². The highest BCUT2D eigenvalue weighted by Crippen LogP contribution is 2.28. The zero-order chi connectivity index (χ0) is 21.2. The monoisotopic (exact) mass is 399 g/mol. The van der Waals surface area contributed by atoms with Crippen molar-refractivity contribution in [1.82, 2.24) is 10.9 Å². The molecule has 0 unspecified atom stereocenters. The van der Waals surface area contributed by atoms with Gasteiger partial charge in [-0.1, -0.05) is 24.6 Å². The third-order valence-electron chi connectivity index (χ3n) is 4.10. The van der Waals surface area contributed by atoms with E-state index >= 15 is 0 Å². The SMILES string of the molecule is CCCOc1ccc(C(=O)NNC(=O)CNc2ccc(C)cc2C)cc1OCC. The van der Waals surface area contributed by atoms with Crippen LogP contribution in [0, 0.1) is 13.8 Å². The Morgan fingerprint density at radius 3 is 2.41 bits per heavy atom. The minimum atomic E-state index is -0.437. The Bertz CT molecular complexity index is 852. The third-order valence-corrected chi connectivity index (χ3v) is 4.10. The Hall–Kier alpha value is -3.22. The minimum absolute atomic E-state index is 0.0399. The average Bonchev–Trinajstić information content (AvgIpc) is 2.70. The lowest BCUT2D eigenvalue weighted by molar-refractivity contribution is -0.120. The molecule has 0 spiro atoms. The van der Waals surface area contributed by atoms with E-state index < -0.39 is 5.91 Å². The second-order valence-electron chi connectivity index (χ2n) is 6.62.